The maximum atomic E-state index is 13.1. The number of aromatic nitrogens is 1. The molecular formula is C31H29N3O5. The lowest BCUT2D eigenvalue weighted by Gasteiger charge is -2.23. The number of aryl methyl sites for hydroxylation is 1. The van der Waals surface area contributed by atoms with Gasteiger partial charge in [-0.1, -0.05) is 72.3 Å². The van der Waals surface area contributed by atoms with Crippen LogP contribution < -0.4 is 10.1 Å². The molecule has 8 nitrogen and oxygen atoms in total. The van der Waals surface area contributed by atoms with E-state index in [9.17, 15) is 19.5 Å². The summed E-state index contributed by atoms with van der Waals surface area (Å²) < 4.78 is 5.57. The molecule has 0 saturated heterocycles. The third-order valence-corrected chi connectivity index (χ3v) is 6.14. The summed E-state index contributed by atoms with van der Waals surface area (Å²) in [5, 5.41) is 12.2. The summed E-state index contributed by atoms with van der Waals surface area (Å²) in [4.78, 5) is 42.7. The highest BCUT2D eigenvalue weighted by Gasteiger charge is 2.21. The summed E-state index contributed by atoms with van der Waals surface area (Å²) in [6.07, 6.45) is 2.23. The Labute approximate surface area is 226 Å². The Kier molecular flexibility index (Phi) is 8.68. The number of carboxylic acid groups (broad SMARTS) is 1. The zero-order valence-corrected chi connectivity index (χ0v) is 21.7. The van der Waals surface area contributed by atoms with Crippen molar-refractivity contribution in [3.63, 3.8) is 0 Å². The fourth-order valence-electron chi connectivity index (χ4n) is 3.98. The lowest BCUT2D eigenvalue weighted by atomic mass is 10.0. The molecule has 1 atom stereocenters. The van der Waals surface area contributed by atoms with Crippen molar-refractivity contribution in [3.05, 3.63) is 120 Å². The molecule has 0 saturated carbocycles. The minimum Gasteiger partial charge on any atom is -0.478 e. The van der Waals surface area contributed by atoms with Gasteiger partial charge in [0.2, 0.25) is 5.91 Å². The molecule has 0 aliphatic carbocycles. The van der Waals surface area contributed by atoms with Crippen molar-refractivity contribution in [2.45, 2.75) is 26.4 Å². The number of amides is 2. The number of aromatic carboxylic acids is 1. The molecule has 2 N–H and O–H groups in total. The van der Waals surface area contributed by atoms with Crippen LogP contribution in [0.4, 0.5) is 4.79 Å². The number of hydrogen-bond acceptors (Lipinski definition) is 5. The van der Waals surface area contributed by atoms with Crippen LogP contribution in [-0.4, -0.2) is 39.5 Å². The largest absolute Gasteiger partial charge is 0.478 e. The summed E-state index contributed by atoms with van der Waals surface area (Å²) >= 11 is 0. The quantitative estimate of drug-likeness (QED) is 0.294. The monoisotopic (exact) mass is 523 g/mol. The number of carbonyl (C=O) groups excluding carboxylic acids is 2. The fraction of sp³-hybridized carbons (Fsp3) is 0.161. The Morgan fingerprint density at radius 3 is 2.28 bits per heavy atom. The third-order valence-electron chi connectivity index (χ3n) is 6.14. The zero-order chi connectivity index (χ0) is 27.8. The van der Waals surface area contributed by atoms with Crippen LogP contribution in [0.5, 0.6) is 5.75 Å². The molecule has 0 fully saturated rings. The SMILES string of the molecule is Cc1ccc(OC(=O)N(CC(=O)NC(C)c2ccccc2)Cc2ccc(-c3cncc(C(=O)O)c3)cc2)cc1. The Hall–Kier alpha value is -4.98. The van der Waals surface area contributed by atoms with Crippen molar-refractivity contribution >= 4 is 18.0 Å². The average molecular weight is 524 g/mol. The van der Waals surface area contributed by atoms with Gasteiger partial charge in [0.25, 0.3) is 0 Å². The molecular weight excluding hydrogens is 494 g/mol. The van der Waals surface area contributed by atoms with Crippen molar-refractivity contribution in [2.75, 3.05) is 6.54 Å². The minimum absolute atomic E-state index is 0.0948. The van der Waals surface area contributed by atoms with Crippen LogP contribution in [-0.2, 0) is 11.3 Å². The summed E-state index contributed by atoms with van der Waals surface area (Å²) in [6, 6.07) is 25.3. The van der Waals surface area contributed by atoms with Crippen LogP contribution in [0, 0.1) is 6.92 Å². The summed E-state index contributed by atoms with van der Waals surface area (Å²) in [5.41, 5.74) is 4.29. The highest BCUT2D eigenvalue weighted by Crippen LogP contribution is 2.21. The van der Waals surface area contributed by atoms with E-state index < -0.39 is 12.1 Å². The number of carbonyl (C=O) groups is 3. The number of rotatable bonds is 9. The molecule has 4 aromatic rings. The van der Waals surface area contributed by atoms with Gasteiger partial charge in [-0.3, -0.25) is 14.7 Å². The maximum absolute atomic E-state index is 13.1. The van der Waals surface area contributed by atoms with Crippen LogP contribution in [0.25, 0.3) is 11.1 Å². The molecule has 0 aliphatic heterocycles. The van der Waals surface area contributed by atoms with Gasteiger partial charge in [0, 0.05) is 24.5 Å². The van der Waals surface area contributed by atoms with Gasteiger partial charge in [-0.2, -0.15) is 0 Å². The van der Waals surface area contributed by atoms with Crippen LogP contribution in [0.3, 0.4) is 0 Å². The molecule has 0 bridgehead atoms. The van der Waals surface area contributed by atoms with Crippen LogP contribution >= 0.6 is 0 Å². The van der Waals surface area contributed by atoms with Gasteiger partial charge < -0.3 is 15.2 Å². The molecule has 39 heavy (non-hydrogen) atoms. The van der Waals surface area contributed by atoms with Crippen molar-refractivity contribution in [1.82, 2.24) is 15.2 Å². The van der Waals surface area contributed by atoms with Crippen LogP contribution in [0.2, 0.25) is 0 Å². The summed E-state index contributed by atoms with van der Waals surface area (Å²) in [6.45, 7) is 3.75. The van der Waals surface area contributed by atoms with E-state index in [0.29, 0.717) is 11.3 Å². The first-order valence-corrected chi connectivity index (χ1v) is 12.4. The highest BCUT2D eigenvalue weighted by atomic mass is 16.6. The standard InChI is InChI=1S/C31H29N3O5/c1-21-8-14-28(15-9-21)39-31(38)34(20-29(35)33-22(2)24-6-4-3-5-7-24)19-23-10-12-25(13-11-23)26-16-27(30(36)37)18-32-17-26/h3-18,22H,19-20H2,1-2H3,(H,33,35)(H,36,37). The van der Waals surface area contributed by atoms with Crippen molar-refractivity contribution in [3.8, 4) is 16.9 Å². The average Bonchev–Trinajstić information content (AvgIpc) is 2.94. The van der Waals surface area contributed by atoms with Gasteiger partial charge >= 0.3 is 12.1 Å². The molecule has 2 amide bonds. The third kappa shape index (κ3) is 7.52. The predicted octanol–water partition coefficient (Wildman–Crippen LogP) is 5.63. The van der Waals surface area contributed by atoms with E-state index in [1.54, 1.807) is 24.4 Å². The van der Waals surface area contributed by atoms with E-state index in [2.05, 4.69) is 10.3 Å². The number of ether oxygens (including phenoxy) is 1. The summed E-state index contributed by atoms with van der Waals surface area (Å²) in [7, 11) is 0. The second-order valence-electron chi connectivity index (χ2n) is 9.20. The first kappa shape index (κ1) is 27.1. The molecule has 198 valence electrons. The molecule has 0 radical (unpaired) electrons. The van der Waals surface area contributed by atoms with Crippen molar-refractivity contribution in [2.24, 2.45) is 0 Å². The molecule has 3 aromatic carbocycles. The van der Waals surface area contributed by atoms with E-state index in [1.165, 1.54) is 11.1 Å². The minimum atomic E-state index is -1.05. The summed E-state index contributed by atoms with van der Waals surface area (Å²) in [5.74, 6) is -0.987. The Morgan fingerprint density at radius 1 is 0.923 bits per heavy atom. The number of nitrogens with zero attached hydrogens (tertiary/aromatic N) is 2. The van der Waals surface area contributed by atoms with Crippen molar-refractivity contribution in [1.29, 1.82) is 0 Å². The second kappa shape index (κ2) is 12.5. The number of nitrogens with one attached hydrogen (secondary N) is 1. The molecule has 1 aromatic heterocycles. The number of hydrogen-bond donors (Lipinski definition) is 2. The van der Waals surface area contributed by atoms with E-state index in [0.717, 1.165) is 22.3 Å². The van der Waals surface area contributed by atoms with E-state index in [-0.39, 0.29) is 30.6 Å². The Morgan fingerprint density at radius 2 is 1.62 bits per heavy atom. The molecule has 4 rings (SSSR count). The molecule has 8 heteroatoms. The lowest BCUT2D eigenvalue weighted by molar-refractivity contribution is -0.122. The smallest absolute Gasteiger partial charge is 0.416 e. The van der Waals surface area contributed by atoms with Gasteiger partial charge in [0.1, 0.15) is 12.3 Å². The first-order chi connectivity index (χ1) is 18.8. The van der Waals surface area contributed by atoms with Crippen LogP contribution in [0.1, 0.15) is 40.0 Å². The molecule has 1 heterocycles. The predicted molar refractivity (Wildman–Crippen MR) is 147 cm³/mol. The molecule has 0 spiro atoms. The van der Waals surface area contributed by atoms with E-state index in [1.807, 2.05) is 80.6 Å². The fourth-order valence-corrected chi connectivity index (χ4v) is 3.98. The Balaban J connectivity index is 1.50. The van der Waals surface area contributed by atoms with Gasteiger partial charge in [0.15, 0.2) is 0 Å². The Bertz CT molecular complexity index is 1440. The molecule has 1 unspecified atom stereocenters. The van der Waals surface area contributed by atoms with Gasteiger partial charge in [-0.05, 0) is 48.7 Å². The highest BCUT2D eigenvalue weighted by molar-refractivity contribution is 5.89. The van der Waals surface area contributed by atoms with Crippen molar-refractivity contribution < 1.29 is 24.2 Å². The van der Waals surface area contributed by atoms with Gasteiger partial charge in [-0.25, -0.2) is 9.59 Å². The van der Waals surface area contributed by atoms with E-state index >= 15 is 0 Å². The van der Waals surface area contributed by atoms with Crippen LogP contribution in [0.15, 0.2) is 97.3 Å². The topological polar surface area (TPSA) is 109 Å². The first-order valence-electron chi connectivity index (χ1n) is 12.4. The zero-order valence-electron chi connectivity index (χ0n) is 21.7. The molecule has 0 aliphatic rings. The normalized spacial score (nSPS) is 11.3. The number of carboxylic acids is 1. The van der Waals surface area contributed by atoms with Gasteiger partial charge in [0.05, 0.1) is 11.6 Å². The second-order valence-corrected chi connectivity index (χ2v) is 9.20. The number of pyridine rings is 1. The maximum Gasteiger partial charge on any atom is 0.416 e. The van der Waals surface area contributed by atoms with Gasteiger partial charge in [-0.15, -0.1) is 0 Å². The number of benzene rings is 3. The lowest BCUT2D eigenvalue weighted by Crippen LogP contribution is -2.42. The van der Waals surface area contributed by atoms with E-state index in [4.69, 9.17) is 4.74 Å².